The van der Waals surface area contributed by atoms with Crippen LogP contribution in [0.5, 0.6) is 0 Å². The lowest BCUT2D eigenvalue weighted by Crippen LogP contribution is -2.43. The van der Waals surface area contributed by atoms with Gasteiger partial charge in [0.25, 0.3) is 0 Å². The molecule has 0 spiro atoms. The molecule has 0 heterocycles. The Morgan fingerprint density at radius 3 is 1.89 bits per heavy atom. The standard InChI is InChI=1S/C17H38N2/c1-6-13-19(14-8-7-10-15(2)3)17(18)12-9-11-16(4)5/h15-17H,6-14,18H2,1-5H3. The Morgan fingerprint density at radius 2 is 1.37 bits per heavy atom. The lowest BCUT2D eigenvalue weighted by Gasteiger charge is -2.29. The smallest absolute Gasteiger partial charge is 0.0571 e. The molecule has 0 aliphatic rings. The lowest BCUT2D eigenvalue weighted by molar-refractivity contribution is 0.181. The van der Waals surface area contributed by atoms with Gasteiger partial charge in [0, 0.05) is 0 Å². The summed E-state index contributed by atoms with van der Waals surface area (Å²) in [7, 11) is 0. The molecule has 0 fully saturated rings. The predicted molar refractivity (Wildman–Crippen MR) is 87.2 cm³/mol. The number of hydrogen-bond acceptors (Lipinski definition) is 2. The van der Waals surface area contributed by atoms with E-state index in [1.54, 1.807) is 0 Å². The summed E-state index contributed by atoms with van der Waals surface area (Å²) >= 11 is 0. The van der Waals surface area contributed by atoms with Gasteiger partial charge in [-0.3, -0.25) is 4.90 Å². The van der Waals surface area contributed by atoms with Gasteiger partial charge in [0.15, 0.2) is 0 Å². The molecular formula is C17H38N2. The summed E-state index contributed by atoms with van der Waals surface area (Å²) in [4.78, 5) is 2.50. The van der Waals surface area contributed by atoms with E-state index in [4.69, 9.17) is 5.73 Å². The van der Waals surface area contributed by atoms with Gasteiger partial charge in [-0.15, -0.1) is 0 Å². The molecule has 2 N–H and O–H groups in total. The molecule has 0 amide bonds. The zero-order valence-corrected chi connectivity index (χ0v) is 14.1. The van der Waals surface area contributed by atoms with Crippen molar-refractivity contribution < 1.29 is 0 Å². The molecule has 0 aliphatic carbocycles. The number of hydrogen-bond donors (Lipinski definition) is 1. The molecule has 1 atom stereocenters. The van der Waals surface area contributed by atoms with Gasteiger partial charge in [-0.25, -0.2) is 0 Å². The SMILES string of the molecule is CCCN(CCCCC(C)C)C(N)CCCC(C)C. The van der Waals surface area contributed by atoms with Crippen LogP contribution < -0.4 is 5.73 Å². The van der Waals surface area contributed by atoms with Crippen LogP contribution in [0.2, 0.25) is 0 Å². The fraction of sp³-hybridized carbons (Fsp3) is 1.00. The summed E-state index contributed by atoms with van der Waals surface area (Å²) in [5, 5.41) is 0. The summed E-state index contributed by atoms with van der Waals surface area (Å²) in [6.45, 7) is 13.8. The minimum Gasteiger partial charge on any atom is -0.316 e. The molecule has 0 rings (SSSR count). The summed E-state index contributed by atoms with van der Waals surface area (Å²) in [6.07, 6.45) is 9.21. The van der Waals surface area contributed by atoms with Gasteiger partial charge in [0.05, 0.1) is 6.17 Å². The van der Waals surface area contributed by atoms with Crippen LogP contribution in [0.15, 0.2) is 0 Å². The molecule has 0 saturated carbocycles. The first kappa shape index (κ1) is 18.9. The Bertz CT molecular complexity index is 190. The highest BCUT2D eigenvalue weighted by Gasteiger charge is 2.13. The zero-order chi connectivity index (χ0) is 14.7. The molecule has 0 radical (unpaired) electrons. The van der Waals surface area contributed by atoms with Crippen LogP contribution in [-0.4, -0.2) is 24.2 Å². The number of nitrogens with two attached hydrogens (primary N) is 1. The molecule has 2 nitrogen and oxygen atoms in total. The first-order valence-electron chi connectivity index (χ1n) is 8.47. The second-order valence-electron chi connectivity index (χ2n) is 6.82. The van der Waals surface area contributed by atoms with Gasteiger partial charge in [-0.2, -0.15) is 0 Å². The summed E-state index contributed by atoms with van der Waals surface area (Å²) < 4.78 is 0. The highest BCUT2D eigenvalue weighted by atomic mass is 15.2. The van der Waals surface area contributed by atoms with Crippen molar-refractivity contribution in [3.8, 4) is 0 Å². The van der Waals surface area contributed by atoms with Gasteiger partial charge in [-0.1, -0.05) is 60.3 Å². The number of unbranched alkanes of at least 4 members (excludes halogenated alkanes) is 1. The van der Waals surface area contributed by atoms with Crippen LogP contribution in [0, 0.1) is 11.8 Å². The van der Waals surface area contributed by atoms with Gasteiger partial charge in [0.1, 0.15) is 0 Å². The number of rotatable bonds is 12. The van der Waals surface area contributed by atoms with Crippen molar-refractivity contribution in [1.29, 1.82) is 0 Å². The molecule has 0 aromatic rings. The molecule has 0 saturated heterocycles. The van der Waals surface area contributed by atoms with Crippen molar-refractivity contribution in [2.24, 2.45) is 17.6 Å². The Hall–Kier alpha value is -0.0800. The van der Waals surface area contributed by atoms with Crippen LogP contribution in [0.25, 0.3) is 0 Å². The van der Waals surface area contributed by atoms with Gasteiger partial charge >= 0.3 is 0 Å². The molecule has 0 bridgehead atoms. The fourth-order valence-corrected chi connectivity index (χ4v) is 2.52. The summed E-state index contributed by atoms with van der Waals surface area (Å²) in [5.74, 6) is 1.64. The van der Waals surface area contributed by atoms with E-state index in [-0.39, 0.29) is 6.17 Å². The van der Waals surface area contributed by atoms with E-state index in [1.807, 2.05) is 0 Å². The summed E-state index contributed by atoms with van der Waals surface area (Å²) in [5.41, 5.74) is 6.36. The maximum Gasteiger partial charge on any atom is 0.0571 e. The zero-order valence-electron chi connectivity index (χ0n) is 14.1. The summed E-state index contributed by atoms with van der Waals surface area (Å²) in [6, 6.07) is 0. The van der Waals surface area contributed by atoms with E-state index in [1.165, 1.54) is 45.1 Å². The minimum atomic E-state index is 0.276. The third kappa shape index (κ3) is 11.4. The molecule has 0 aromatic carbocycles. The Kier molecular flexibility index (Phi) is 11.7. The lowest BCUT2D eigenvalue weighted by atomic mass is 10.0. The van der Waals surface area contributed by atoms with E-state index in [9.17, 15) is 0 Å². The van der Waals surface area contributed by atoms with E-state index in [0.717, 1.165) is 24.8 Å². The third-order valence-corrected chi connectivity index (χ3v) is 3.74. The largest absolute Gasteiger partial charge is 0.316 e. The molecule has 2 heteroatoms. The van der Waals surface area contributed by atoms with Crippen molar-refractivity contribution in [2.45, 2.75) is 85.7 Å². The number of nitrogens with zero attached hydrogens (tertiary/aromatic N) is 1. The molecule has 0 aliphatic heterocycles. The Labute approximate surface area is 122 Å². The molecule has 116 valence electrons. The van der Waals surface area contributed by atoms with E-state index < -0.39 is 0 Å². The van der Waals surface area contributed by atoms with Gasteiger partial charge in [0.2, 0.25) is 0 Å². The van der Waals surface area contributed by atoms with Crippen LogP contribution >= 0.6 is 0 Å². The second-order valence-corrected chi connectivity index (χ2v) is 6.82. The topological polar surface area (TPSA) is 29.3 Å². The van der Waals surface area contributed by atoms with Crippen LogP contribution in [-0.2, 0) is 0 Å². The van der Waals surface area contributed by atoms with Gasteiger partial charge in [-0.05, 0) is 44.2 Å². The minimum absolute atomic E-state index is 0.276. The Balaban J connectivity index is 3.87. The predicted octanol–water partition coefficient (Wildman–Crippen LogP) is 4.64. The molecule has 1 unspecified atom stereocenters. The highest BCUT2D eigenvalue weighted by molar-refractivity contribution is 4.66. The van der Waals surface area contributed by atoms with Crippen LogP contribution in [0.4, 0.5) is 0 Å². The first-order chi connectivity index (χ1) is 8.97. The van der Waals surface area contributed by atoms with E-state index in [0.29, 0.717) is 0 Å². The van der Waals surface area contributed by atoms with Crippen molar-refractivity contribution in [3.63, 3.8) is 0 Å². The maximum absolute atomic E-state index is 6.36. The molecule has 19 heavy (non-hydrogen) atoms. The monoisotopic (exact) mass is 270 g/mol. The Morgan fingerprint density at radius 1 is 0.789 bits per heavy atom. The average molecular weight is 271 g/mol. The third-order valence-electron chi connectivity index (χ3n) is 3.74. The van der Waals surface area contributed by atoms with E-state index >= 15 is 0 Å². The van der Waals surface area contributed by atoms with Crippen molar-refractivity contribution >= 4 is 0 Å². The second kappa shape index (κ2) is 11.7. The van der Waals surface area contributed by atoms with Crippen LogP contribution in [0.3, 0.4) is 0 Å². The maximum atomic E-state index is 6.36. The first-order valence-corrected chi connectivity index (χ1v) is 8.47. The molecular weight excluding hydrogens is 232 g/mol. The average Bonchev–Trinajstić information content (AvgIpc) is 2.32. The van der Waals surface area contributed by atoms with E-state index in [2.05, 4.69) is 39.5 Å². The van der Waals surface area contributed by atoms with Gasteiger partial charge < -0.3 is 5.73 Å². The van der Waals surface area contributed by atoms with Crippen LogP contribution in [0.1, 0.15) is 79.6 Å². The fourth-order valence-electron chi connectivity index (χ4n) is 2.52. The van der Waals surface area contributed by atoms with Crippen molar-refractivity contribution in [3.05, 3.63) is 0 Å². The quantitative estimate of drug-likeness (QED) is 0.413. The highest BCUT2D eigenvalue weighted by Crippen LogP contribution is 2.12. The van der Waals surface area contributed by atoms with Crippen molar-refractivity contribution in [1.82, 2.24) is 4.90 Å². The molecule has 0 aromatic heterocycles. The normalized spacial score (nSPS) is 13.7. The van der Waals surface area contributed by atoms with Crippen molar-refractivity contribution in [2.75, 3.05) is 13.1 Å².